The average Bonchev–Trinajstić information content (AvgIpc) is 2.76. The Morgan fingerprint density at radius 3 is 2.37 bits per heavy atom. The maximum Gasteiger partial charge on any atom is 0.205 e. The summed E-state index contributed by atoms with van der Waals surface area (Å²) in [6.45, 7) is 8.10. The summed E-state index contributed by atoms with van der Waals surface area (Å²) in [6.07, 6.45) is 0. The quantitative estimate of drug-likeness (QED) is 0.725. The third kappa shape index (κ3) is 2.92. The van der Waals surface area contributed by atoms with Crippen molar-refractivity contribution in [1.82, 2.24) is 0 Å². The van der Waals surface area contributed by atoms with Gasteiger partial charge in [0.05, 0.1) is 10.4 Å². The van der Waals surface area contributed by atoms with Crippen LogP contribution in [-0.2, 0) is 5.41 Å². The Kier molecular flexibility index (Phi) is 3.59. The fourth-order valence-corrected chi connectivity index (χ4v) is 2.82. The van der Waals surface area contributed by atoms with Crippen molar-refractivity contribution in [2.45, 2.75) is 33.1 Å². The summed E-state index contributed by atoms with van der Waals surface area (Å²) >= 11 is 1.44. The zero-order chi connectivity index (χ0) is 14.2. The number of ketones is 1. The van der Waals surface area contributed by atoms with E-state index in [2.05, 4.69) is 20.8 Å². The molecule has 0 atom stereocenters. The van der Waals surface area contributed by atoms with Crippen molar-refractivity contribution < 1.29 is 9.18 Å². The van der Waals surface area contributed by atoms with Gasteiger partial charge >= 0.3 is 0 Å². The van der Waals surface area contributed by atoms with Crippen LogP contribution in [0.1, 0.15) is 46.4 Å². The van der Waals surface area contributed by atoms with Gasteiger partial charge in [-0.15, -0.1) is 11.3 Å². The predicted octanol–water partition coefficient (Wildman–Crippen LogP) is 4.72. The smallest absolute Gasteiger partial charge is 0.205 e. The Bertz CT molecular complexity index is 620. The van der Waals surface area contributed by atoms with E-state index in [9.17, 15) is 9.18 Å². The minimum atomic E-state index is -0.448. The van der Waals surface area contributed by atoms with Gasteiger partial charge in [-0.2, -0.15) is 0 Å². The average molecular weight is 276 g/mol. The van der Waals surface area contributed by atoms with Crippen molar-refractivity contribution in [3.63, 3.8) is 0 Å². The van der Waals surface area contributed by atoms with Gasteiger partial charge in [0.15, 0.2) is 0 Å². The molecule has 0 radical (unpaired) electrons. The highest BCUT2D eigenvalue weighted by atomic mass is 32.1. The van der Waals surface area contributed by atoms with Crippen LogP contribution in [0.3, 0.4) is 0 Å². The Labute approximate surface area is 117 Å². The minimum Gasteiger partial charge on any atom is -0.288 e. The molecule has 0 saturated carbocycles. The molecule has 0 amide bonds. The molecular formula is C16H17FOS. The molecule has 0 unspecified atom stereocenters. The predicted molar refractivity (Wildman–Crippen MR) is 77.6 cm³/mol. The van der Waals surface area contributed by atoms with Crippen LogP contribution in [0.5, 0.6) is 0 Å². The van der Waals surface area contributed by atoms with Crippen LogP contribution in [-0.4, -0.2) is 5.78 Å². The highest BCUT2D eigenvalue weighted by Gasteiger charge is 2.20. The second-order valence-corrected chi connectivity index (χ2v) is 6.81. The van der Waals surface area contributed by atoms with E-state index in [1.54, 1.807) is 25.1 Å². The summed E-state index contributed by atoms with van der Waals surface area (Å²) in [4.78, 5) is 14.0. The normalized spacial score (nSPS) is 11.6. The topological polar surface area (TPSA) is 17.1 Å². The summed E-state index contributed by atoms with van der Waals surface area (Å²) in [7, 11) is 0. The van der Waals surface area contributed by atoms with Crippen molar-refractivity contribution in [2.75, 3.05) is 0 Å². The van der Waals surface area contributed by atoms with E-state index in [-0.39, 0.29) is 16.8 Å². The van der Waals surface area contributed by atoms with E-state index in [1.807, 2.05) is 6.07 Å². The number of rotatable bonds is 2. The Morgan fingerprint density at radius 2 is 1.84 bits per heavy atom. The fourth-order valence-electron chi connectivity index (χ4n) is 1.80. The molecule has 0 spiro atoms. The van der Waals surface area contributed by atoms with E-state index in [0.29, 0.717) is 4.88 Å². The fraction of sp³-hybridized carbons (Fsp3) is 0.312. The van der Waals surface area contributed by atoms with Gasteiger partial charge in [0.25, 0.3) is 0 Å². The molecule has 1 aromatic heterocycles. The van der Waals surface area contributed by atoms with Crippen molar-refractivity contribution >= 4 is 17.1 Å². The summed E-state index contributed by atoms with van der Waals surface area (Å²) in [5.41, 5.74) is 0.971. The zero-order valence-electron chi connectivity index (χ0n) is 11.6. The number of thiophene rings is 1. The molecule has 0 aliphatic carbocycles. The van der Waals surface area contributed by atoms with Crippen LogP contribution < -0.4 is 0 Å². The first-order valence-corrected chi connectivity index (χ1v) is 7.02. The molecular weight excluding hydrogens is 259 g/mol. The van der Waals surface area contributed by atoms with E-state index in [1.165, 1.54) is 17.4 Å². The number of hydrogen-bond acceptors (Lipinski definition) is 2. The maximum absolute atomic E-state index is 13.8. The number of halogens is 1. The van der Waals surface area contributed by atoms with Gasteiger partial charge in [-0.05, 0) is 42.2 Å². The van der Waals surface area contributed by atoms with Crippen molar-refractivity contribution in [1.29, 1.82) is 0 Å². The zero-order valence-corrected chi connectivity index (χ0v) is 12.4. The minimum absolute atomic E-state index is 0.00895. The third-order valence-corrected chi connectivity index (χ3v) is 4.45. The van der Waals surface area contributed by atoms with Gasteiger partial charge in [-0.1, -0.05) is 26.8 Å². The third-order valence-electron chi connectivity index (χ3n) is 2.94. The summed E-state index contributed by atoms with van der Waals surface area (Å²) in [6, 6.07) is 8.44. The first kappa shape index (κ1) is 13.9. The molecule has 1 aromatic carbocycles. The van der Waals surface area contributed by atoms with Gasteiger partial charge in [-0.3, -0.25) is 4.79 Å². The number of carbonyl (C=O) groups is 1. The Balaban J connectivity index is 2.37. The van der Waals surface area contributed by atoms with Crippen LogP contribution in [0.4, 0.5) is 4.39 Å². The molecule has 1 nitrogen and oxygen atoms in total. The Hall–Kier alpha value is -1.48. The van der Waals surface area contributed by atoms with Crippen LogP contribution in [0, 0.1) is 12.7 Å². The monoisotopic (exact) mass is 276 g/mol. The van der Waals surface area contributed by atoms with E-state index in [0.717, 1.165) is 10.4 Å². The number of aryl methyl sites for hydroxylation is 1. The van der Waals surface area contributed by atoms with Gasteiger partial charge in [-0.25, -0.2) is 4.39 Å². The number of carbonyl (C=O) groups excluding carboxylic acids is 1. The molecule has 0 N–H and O–H groups in total. The van der Waals surface area contributed by atoms with Crippen LogP contribution in [0.25, 0.3) is 0 Å². The lowest BCUT2D eigenvalue weighted by Crippen LogP contribution is -2.08. The molecule has 1 heterocycles. The molecule has 2 aromatic rings. The summed E-state index contributed by atoms with van der Waals surface area (Å²) in [5.74, 6) is -0.686. The van der Waals surface area contributed by atoms with Crippen molar-refractivity contribution in [3.8, 4) is 0 Å². The second-order valence-electron chi connectivity index (χ2n) is 5.73. The standard InChI is InChI=1S/C16H17FOS/c1-10-5-6-11(12(17)9-10)15(18)13-7-8-14(19-13)16(2,3)4/h5-9H,1-4H3. The lowest BCUT2D eigenvalue weighted by atomic mass is 9.95. The van der Waals surface area contributed by atoms with Crippen LogP contribution in [0.15, 0.2) is 30.3 Å². The van der Waals surface area contributed by atoms with E-state index < -0.39 is 5.82 Å². The highest BCUT2D eigenvalue weighted by molar-refractivity contribution is 7.14. The highest BCUT2D eigenvalue weighted by Crippen LogP contribution is 2.30. The summed E-state index contributed by atoms with van der Waals surface area (Å²) in [5, 5.41) is 0. The van der Waals surface area contributed by atoms with Gasteiger partial charge < -0.3 is 0 Å². The maximum atomic E-state index is 13.8. The molecule has 3 heteroatoms. The lowest BCUT2D eigenvalue weighted by Gasteiger charge is -2.15. The van der Waals surface area contributed by atoms with Crippen molar-refractivity contribution in [2.24, 2.45) is 0 Å². The van der Waals surface area contributed by atoms with Crippen LogP contribution >= 0.6 is 11.3 Å². The van der Waals surface area contributed by atoms with Gasteiger partial charge in [0.2, 0.25) is 5.78 Å². The SMILES string of the molecule is Cc1ccc(C(=O)c2ccc(C(C)(C)C)s2)c(F)c1. The molecule has 0 fully saturated rings. The molecule has 100 valence electrons. The van der Waals surface area contributed by atoms with Gasteiger partial charge in [0, 0.05) is 4.88 Å². The number of hydrogen-bond donors (Lipinski definition) is 0. The van der Waals surface area contributed by atoms with E-state index in [4.69, 9.17) is 0 Å². The summed E-state index contributed by atoms with van der Waals surface area (Å²) < 4.78 is 13.8. The molecule has 19 heavy (non-hydrogen) atoms. The first-order valence-electron chi connectivity index (χ1n) is 6.20. The number of benzene rings is 1. The van der Waals surface area contributed by atoms with E-state index >= 15 is 0 Å². The molecule has 2 rings (SSSR count). The second kappa shape index (κ2) is 4.89. The largest absolute Gasteiger partial charge is 0.288 e. The molecule has 0 aliphatic rings. The molecule has 0 bridgehead atoms. The molecule has 0 saturated heterocycles. The van der Waals surface area contributed by atoms with Crippen LogP contribution in [0.2, 0.25) is 0 Å². The first-order chi connectivity index (χ1) is 8.79. The van der Waals surface area contributed by atoms with Crippen molar-refractivity contribution in [3.05, 3.63) is 57.0 Å². The van der Waals surface area contributed by atoms with Gasteiger partial charge in [0.1, 0.15) is 5.82 Å². The molecule has 0 aliphatic heterocycles. The lowest BCUT2D eigenvalue weighted by molar-refractivity contribution is 0.103. The Morgan fingerprint density at radius 1 is 1.16 bits per heavy atom.